The Morgan fingerprint density at radius 3 is 2.46 bits per heavy atom. The van der Waals surface area contributed by atoms with Crippen LogP contribution in [0.2, 0.25) is 0 Å². The summed E-state index contributed by atoms with van der Waals surface area (Å²) in [5, 5.41) is 7.59. The fourth-order valence-corrected chi connectivity index (χ4v) is 3.31. The van der Waals surface area contributed by atoms with Crippen molar-refractivity contribution in [3.05, 3.63) is 23.8 Å². The van der Waals surface area contributed by atoms with Crippen LogP contribution in [0.5, 0.6) is 11.5 Å². The molecule has 0 aromatic heterocycles. The van der Waals surface area contributed by atoms with Crippen LogP contribution < -0.4 is 14.8 Å². The largest absolute Gasteiger partial charge is 0.493 e. The Hall–Kier alpha value is -2.64. The maximum absolute atomic E-state index is 12.2. The molecule has 1 aromatic carbocycles. The molecule has 1 saturated heterocycles. The molecule has 1 N–H and O–H groups in total. The van der Waals surface area contributed by atoms with Crippen molar-refractivity contribution in [2.24, 2.45) is 11.1 Å². The van der Waals surface area contributed by atoms with Crippen molar-refractivity contribution in [1.29, 1.82) is 0 Å². The highest BCUT2D eigenvalue weighted by molar-refractivity contribution is 5.85. The minimum absolute atomic E-state index is 0.226. The molecule has 2 aliphatic rings. The smallest absolute Gasteiger partial charge is 0.410 e. The standard InChI is InChI=1S/C20H29N3O5/c1-20(2,3)27-19(24)23-10-8-13(9-11-23)17-21-18(28-22-17)14-6-7-15(25-4)16(12-14)26-5/h6-7,12-13,18H,8-11H2,1-5H3,(H,21,22). The van der Waals surface area contributed by atoms with Gasteiger partial charge in [0.2, 0.25) is 6.23 Å². The van der Waals surface area contributed by atoms with Gasteiger partial charge in [-0.25, -0.2) is 4.79 Å². The number of nitrogens with zero attached hydrogens (tertiary/aromatic N) is 2. The molecule has 0 aliphatic carbocycles. The molecule has 0 spiro atoms. The van der Waals surface area contributed by atoms with E-state index in [1.54, 1.807) is 19.1 Å². The van der Waals surface area contributed by atoms with Gasteiger partial charge in [-0.3, -0.25) is 0 Å². The topological polar surface area (TPSA) is 81.6 Å². The number of oxime groups is 1. The second-order valence-corrected chi connectivity index (χ2v) is 7.96. The van der Waals surface area contributed by atoms with Crippen LogP contribution in [-0.4, -0.2) is 49.7 Å². The third kappa shape index (κ3) is 4.61. The van der Waals surface area contributed by atoms with Crippen LogP contribution >= 0.6 is 0 Å². The molecule has 0 saturated carbocycles. The normalized spacial score (nSPS) is 20.1. The lowest BCUT2D eigenvalue weighted by Crippen LogP contribution is -2.44. The van der Waals surface area contributed by atoms with Crippen molar-refractivity contribution in [3.63, 3.8) is 0 Å². The quantitative estimate of drug-likeness (QED) is 0.848. The number of ether oxygens (including phenoxy) is 3. The fourth-order valence-electron chi connectivity index (χ4n) is 3.31. The van der Waals surface area contributed by atoms with E-state index in [0.29, 0.717) is 24.6 Å². The lowest BCUT2D eigenvalue weighted by molar-refractivity contribution is 0.0201. The molecule has 0 bridgehead atoms. The second-order valence-electron chi connectivity index (χ2n) is 7.96. The summed E-state index contributed by atoms with van der Waals surface area (Å²) in [6, 6.07) is 5.64. The van der Waals surface area contributed by atoms with Gasteiger partial charge < -0.3 is 29.3 Å². The van der Waals surface area contributed by atoms with E-state index in [9.17, 15) is 4.79 Å². The summed E-state index contributed by atoms with van der Waals surface area (Å²) >= 11 is 0. The summed E-state index contributed by atoms with van der Waals surface area (Å²) in [6.07, 6.45) is 1.01. The van der Waals surface area contributed by atoms with E-state index in [0.717, 1.165) is 24.2 Å². The van der Waals surface area contributed by atoms with Crippen molar-refractivity contribution in [2.45, 2.75) is 45.4 Å². The van der Waals surface area contributed by atoms with Gasteiger partial charge in [0.25, 0.3) is 0 Å². The monoisotopic (exact) mass is 391 g/mol. The predicted octanol–water partition coefficient (Wildman–Crippen LogP) is 3.28. The lowest BCUT2D eigenvalue weighted by atomic mass is 9.95. The van der Waals surface area contributed by atoms with Crippen molar-refractivity contribution < 1.29 is 23.8 Å². The minimum atomic E-state index is -0.481. The van der Waals surface area contributed by atoms with Crippen molar-refractivity contribution in [3.8, 4) is 11.5 Å². The molecule has 1 aromatic rings. The van der Waals surface area contributed by atoms with Crippen molar-refractivity contribution in [2.75, 3.05) is 27.3 Å². The average Bonchev–Trinajstić information content (AvgIpc) is 3.16. The molecule has 1 amide bonds. The molecule has 0 radical (unpaired) electrons. The number of hydrogen-bond acceptors (Lipinski definition) is 7. The number of rotatable bonds is 4. The zero-order chi connectivity index (χ0) is 20.3. The summed E-state index contributed by atoms with van der Waals surface area (Å²) in [5.41, 5.74) is 0.425. The third-order valence-electron chi connectivity index (χ3n) is 4.78. The highest BCUT2D eigenvalue weighted by atomic mass is 16.7. The maximum atomic E-state index is 12.2. The van der Waals surface area contributed by atoms with Crippen molar-refractivity contribution >= 4 is 11.9 Å². The molecule has 1 atom stereocenters. The van der Waals surface area contributed by atoms with Gasteiger partial charge in [0.05, 0.1) is 14.2 Å². The highest BCUT2D eigenvalue weighted by Gasteiger charge is 2.33. The zero-order valence-corrected chi connectivity index (χ0v) is 17.2. The molecule has 28 heavy (non-hydrogen) atoms. The zero-order valence-electron chi connectivity index (χ0n) is 17.2. The van der Waals surface area contributed by atoms with Crippen molar-refractivity contribution in [1.82, 2.24) is 10.2 Å². The number of hydrogen-bond donors (Lipinski definition) is 1. The second kappa shape index (κ2) is 8.16. The molecule has 154 valence electrons. The summed E-state index contributed by atoms with van der Waals surface area (Å²) in [4.78, 5) is 19.5. The van der Waals surface area contributed by atoms with E-state index < -0.39 is 5.60 Å². The number of benzene rings is 1. The molecule has 8 nitrogen and oxygen atoms in total. The van der Waals surface area contributed by atoms with E-state index in [1.165, 1.54) is 0 Å². The number of piperidine rings is 1. The summed E-state index contributed by atoms with van der Waals surface area (Å²) in [5.74, 6) is 2.36. The van der Waals surface area contributed by atoms with E-state index in [1.807, 2.05) is 39.0 Å². The van der Waals surface area contributed by atoms with Crippen LogP contribution in [-0.2, 0) is 9.57 Å². The Bertz CT molecular complexity index is 736. The van der Waals surface area contributed by atoms with Gasteiger partial charge in [0.15, 0.2) is 11.5 Å². The Morgan fingerprint density at radius 2 is 1.86 bits per heavy atom. The first-order chi connectivity index (χ1) is 13.3. The molecule has 2 heterocycles. The summed E-state index contributed by atoms with van der Waals surface area (Å²) in [7, 11) is 3.21. The number of carbonyl (C=O) groups excluding carboxylic acids is 1. The van der Waals surface area contributed by atoms with E-state index in [2.05, 4.69) is 10.5 Å². The van der Waals surface area contributed by atoms with Gasteiger partial charge >= 0.3 is 6.09 Å². The minimum Gasteiger partial charge on any atom is -0.493 e. The van der Waals surface area contributed by atoms with Gasteiger partial charge in [0, 0.05) is 24.6 Å². The van der Waals surface area contributed by atoms with Crippen LogP contribution in [0.4, 0.5) is 4.79 Å². The Morgan fingerprint density at radius 1 is 1.18 bits per heavy atom. The summed E-state index contributed by atoms with van der Waals surface area (Å²) in [6.45, 7) is 6.91. The number of nitrogens with one attached hydrogen (secondary N) is 1. The van der Waals surface area contributed by atoms with Gasteiger partial charge in [-0.05, 0) is 51.8 Å². The molecule has 1 fully saturated rings. The van der Waals surface area contributed by atoms with Gasteiger partial charge in [-0.2, -0.15) is 0 Å². The molecule has 8 heteroatoms. The number of amidine groups is 1. The number of likely N-dealkylation sites (tertiary alicyclic amines) is 1. The average molecular weight is 391 g/mol. The number of amides is 1. The van der Waals surface area contributed by atoms with E-state index >= 15 is 0 Å². The Balaban J connectivity index is 1.55. The van der Waals surface area contributed by atoms with Crippen LogP contribution in [0, 0.1) is 5.92 Å². The lowest BCUT2D eigenvalue weighted by Gasteiger charge is -2.33. The third-order valence-corrected chi connectivity index (χ3v) is 4.78. The Labute approximate surface area is 165 Å². The first-order valence-electron chi connectivity index (χ1n) is 9.51. The maximum Gasteiger partial charge on any atom is 0.410 e. The molecular weight excluding hydrogens is 362 g/mol. The first kappa shape index (κ1) is 20.1. The highest BCUT2D eigenvalue weighted by Crippen LogP contribution is 2.32. The van der Waals surface area contributed by atoms with E-state index in [4.69, 9.17) is 19.0 Å². The number of carbonyl (C=O) groups is 1. The molecule has 3 rings (SSSR count). The predicted molar refractivity (Wildman–Crippen MR) is 104 cm³/mol. The van der Waals surface area contributed by atoms with E-state index in [-0.39, 0.29) is 18.2 Å². The molecule has 2 aliphatic heterocycles. The summed E-state index contributed by atoms with van der Waals surface area (Å²) < 4.78 is 16.1. The fraction of sp³-hybridized carbons (Fsp3) is 0.600. The van der Waals surface area contributed by atoms with Crippen LogP contribution in [0.1, 0.15) is 45.4 Å². The Kier molecular flexibility index (Phi) is 5.86. The van der Waals surface area contributed by atoms with Crippen LogP contribution in [0.15, 0.2) is 23.4 Å². The van der Waals surface area contributed by atoms with Gasteiger partial charge in [0.1, 0.15) is 11.4 Å². The SMILES string of the molecule is COc1ccc(C2NC(C3CCN(C(=O)OC(C)(C)C)CC3)=NO2)cc1OC. The number of methoxy groups -OCH3 is 2. The first-order valence-corrected chi connectivity index (χ1v) is 9.51. The molecule has 1 unspecified atom stereocenters. The van der Waals surface area contributed by atoms with Crippen LogP contribution in [0.3, 0.4) is 0 Å². The van der Waals surface area contributed by atoms with Gasteiger partial charge in [-0.15, -0.1) is 0 Å². The van der Waals surface area contributed by atoms with Crippen LogP contribution in [0.25, 0.3) is 0 Å². The van der Waals surface area contributed by atoms with Gasteiger partial charge in [-0.1, -0.05) is 5.16 Å². The molecular formula is C20H29N3O5.